The molecule has 1 N–H and O–H groups in total. The minimum absolute atomic E-state index is 0.202. The molecule has 0 aliphatic carbocycles. The maximum Gasteiger partial charge on any atom is 0.283 e. The first-order valence-corrected chi connectivity index (χ1v) is 8.34. The molecule has 0 spiro atoms. The number of fused-ring (bicyclic) bond motifs is 1. The molecule has 2 aromatic heterocycles. The third kappa shape index (κ3) is 3.31. The van der Waals surface area contributed by atoms with E-state index >= 15 is 0 Å². The smallest absolute Gasteiger partial charge is 0.273 e. The van der Waals surface area contributed by atoms with E-state index in [1.807, 2.05) is 39.0 Å². The molecule has 0 radical (unpaired) electrons. The monoisotopic (exact) mass is 339 g/mol. The maximum absolute atomic E-state index is 12.6. The minimum Gasteiger partial charge on any atom is -0.273 e. The Morgan fingerprint density at radius 3 is 2.76 bits per heavy atom. The van der Waals surface area contributed by atoms with Crippen molar-refractivity contribution in [3.8, 4) is 5.69 Å². The highest BCUT2D eigenvalue weighted by atomic mass is 16.2. The molecule has 0 bridgehead atoms. The molecular formula is C18H21N5O2. The summed E-state index contributed by atoms with van der Waals surface area (Å²) in [6.07, 6.45) is 4.88. The van der Waals surface area contributed by atoms with E-state index in [1.165, 1.54) is 18.1 Å². The van der Waals surface area contributed by atoms with Gasteiger partial charge in [0, 0.05) is 6.42 Å². The van der Waals surface area contributed by atoms with Crippen molar-refractivity contribution in [2.24, 2.45) is 0 Å². The van der Waals surface area contributed by atoms with Crippen LogP contribution in [0.15, 0.2) is 35.5 Å². The molecule has 0 aliphatic heterocycles. The molecule has 7 nitrogen and oxygen atoms in total. The van der Waals surface area contributed by atoms with Gasteiger partial charge in [0.2, 0.25) is 5.91 Å². The molecule has 0 atom stereocenters. The Hall–Kier alpha value is -2.96. The summed E-state index contributed by atoms with van der Waals surface area (Å²) >= 11 is 0. The van der Waals surface area contributed by atoms with Crippen LogP contribution in [-0.4, -0.2) is 25.3 Å². The number of hydrogen-bond acceptors (Lipinski definition) is 4. The van der Waals surface area contributed by atoms with Gasteiger partial charge in [0.1, 0.15) is 11.7 Å². The van der Waals surface area contributed by atoms with Gasteiger partial charge in [0.05, 0.1) is 11.9 Å². The SMILES string of the molecule is CCCCC(=O)Nn1cnc2c(cnn2-c2ccc(C)c(C)c2)c1=O. The second-order valence-corrected chi connectivity index (χ2v) is 6.12. The lowest BCUT2D eigenvalue weighted by Gasteiger charge is -2.08. The average Bonchev–Trinajstić information content (AvgIpc) is 3.03. The van der Waals surface area contributed by atoms with Gasteiger partial charge in [-0.3, -0.25) is 15.0 Å². The number of amides is 1. The third-order valence-electron chi connectivity index (χ3n) is 4.23. The highest BCUT2D eigenvalue weighted by Gasteiger charge is 2.13. The molecule has 0 fully saturated rings. The van der Waals surface area contributed by atoms with Gasteiger partial charge < -0.3 is 0 Å². The van der Waals surface area contributed by atoms with Crippen LogP contribution in [0.5, 0.6) is 0 Å². The van der Waals surface area contributed by atoms with Gasteiger partial charge in [-0.1, -0.05) is 19.4 Å². The van der Waals surface area contributed by atoms with Crippen molar-refractivity contribution in [2.75, 3.05) is 5.43 Å². The number of nitrogens with one attached hydrogen (secondary N) is 1. The first-order chi connectivity index (χ1) is 12.0. The van der Waals surface area contributed by atoms with E-state index in [-0.39, 0.29) is 11.5 Å². The number of aryl methyl sites for hydroxylation is 2. The molecule has 0 aliphatic rings. The Kier molecular flexibility index (Phi) is 4.65. The van der Waals surface area contributed by atoms with E-state index < -0.39 is 0 Å². The van der Waals surface area contributed by atoms with Crippen LogP contribution < -0.4 is 11.0 Å². The van der Waals surface area contributed by atoms with E-state index in [9.17, 15) is 9.59 Å². The van der Waals surface area contributed by atoms with Crippen LogP contribution >= 0.6 is 0 Å². The van der Waals surface area contributed by atoms with Gasteiger partial charge >= 0.3 is 0 Å². The Morgan fingerprint density at radius 2 is 2.04 bits per heavy atom. The second-order valence-electron chi connectivity index (χ2n) is 6.12. The highest BCUT2D eigenvalue weighted by molar-refractivity contribution is 5.84. The van der Waals surface area contributed by atoms with Crippen LogP contribution in [0.25, 0.3) is 16.7 Å². The van der Waals surface area contributed by atoms with E-state index in [1.54, 1.807) is 4.68 Å². The molecule has 3 aromatic rings. The van der Waals surface area contributed by atoms with Crippen molar-refractivity contribution in [2.45, 2.75) is 40.0 Å². The molecule has 0 saturated carbocycles. The van der Waals surface area contributed by atoms with Crippen LogP contribution in [0.4, 0.5) is 0 Å². The molecule has 1 amide bonds. The van der Waals surface area contributed by atoms with Crippen molar-refractivity contribution < 1.29 is 4.79 Å². The fourth-order valence-corrected chi connectivity index (χ4v) is 2.57. The molecule has 2 heterocycles. The number of carbonyl (C=O) groups excluding carboxylic acids is 1. The summed E-state index contributed by atoms with van der Waals surface area (Å²) in [7, 11) is 0. The van der Waals surface area contributed by atoms with E-state index in [2.05, 4.69) is 15.5 Å². The standard InChI is InChI=1S/C18H21N5O2/c1-4-5-6-16(24)21-22-11-19-17-15(18(22)25)10-20-23(17)14-8-7-12(2)13(3)9-14/h7-11H,4-6H2,1-3H3,(H,21,24). The average molecular weight is 339 g/mol. The van der Waals surface area contributed by atoms with Crippen molar-refractivity contribution in [3.05, 3.63) is 52.2 Å². The van der Waals surface area contributed by atoms with Gasteiger partial charge in [-0.2, -0.15) is 5.10 Å². The van der Waals surface area contributed by atoms with Crippen molar-refractivity contribution >= 4 is 16.9 Å². The lowest BCUT2D eigenvalue weighted by molar-refractivity contribution is -0.117. The van der Waals surface area contributed by atoms with Gasteiger partial charge in [-0.25, -0.2) is 14.3 Å². The highest BCUT2D eigenvalue weighted by Crippen LogP contribution is 2.17. The largest absolute Gasteiger partial charge is 0.283 e. The van der Waals surface area contributed by atoms with E-state index in [0.717, 1.165) is 28.8 Å². The van der Waals surface area contributed by atoms with Crippen LogP contribution in [0.3, 0.4) is 0 Å². The van der Waals surface area contributed by atoms with Crippen LogP contribution in [0.2, 0.25) is 0 Å². The van der Waals surface area contributed by atoms with Crippen molar-refractivity contribution in [3.63, 3.8) is 0 Å². The minimum atomic E-state index is -0.343. The lowest BCUT2D eigenvalue weighted by atomic mass is 10.1. The van der Waals surface area contributed by atoms with Crippen LogP contribution in [0, 0.1) is 13.8 Å². The van der Waals surface area contributed by atoms with Crippen LogP contribution in [-0.2, 0) is 4.79 Å². The predicted octanol–water partition coefficient (Wildman–Crippen LogP) is 2.46. The van der Waals surface area contributed by atoms with Crippen molar-refractivity contribution in [1.29, 1.82) is 0 Å². The molecule has 0 saturated heterocycles. The zero-order chi connectivity index (χ0) is 18.0. The summed E-state index contributed by atoms with van der Waals surface area (Å²) in [6.45, 7) is 6.07. The Morgan fingerprint density at radius 1 is 1.24 bits per heavy atom. The zero-order valence-corrected chi connectivity index (χ0v) is 14.6. The number of hydrogen-bond donors (Lipinski definition) is 1. The number of rotatable bonds is 5. The molecule has 3 rings (SSSR count). The molecule has 1 aromatic carbocycles. The maximum atomic E-state index is 12.6. The summed E-state index contributed by atoms with van der Waals surface area (Å²) in [4.78, 5) is 28.7. The number of nitrogens with zero attached hydrogens (tertiary/aromatic N) is 4. The summed E-state index contributed by atoms with van der Waals surface area (Å²) in [6, 6.07) is 5.95. The van der Waals surface area contributed by atoms with Crippen LogP contribution in [0.1, 0.15) is 37.3 Å². The molecular weight excluding hydrogens is 318 g/mol. The molecule has 0 unspecified atom stereocenters. The summed E-state index contributed by atoms with van der Waals surface area (Å²) in [5.74, 6) is -0.202. The Bertz CT molecular complexity index is 987. The Labute approximate surface area is 145 Å². The zero-order valence-electron chi connectivity index (χ0n) is 14.6. The van der Waals surface area contributed by atoms with Gasteiger partial charge in [-0.15, -0.1) is 0 Å². The van der Waals surface area contributed by atoms with Gasteiger partial charge in [0.25, 0.3) is 5.56 Å². The third-order valence-corrected chi connectivity index (χ3v) is 4.23. The Balaban J connectivity index is 1.97. The first-order valence-electron chi connectivity index (χ1n) is 8.34. The topological polar surface area (TPSA) is 81.8 Å². The quantitative estimate of drug-likeness (QED) is 0.774. The molecule has 25 heavy (non-hydrogen) atoms. The summed E-state index contributed by atoms with van der Waals surface area (Å²) in [5.41, 5.74) is 5.86. The van der Waals surface area contributed by atoms with Crippen molar-refractivity contribution in [1.82, 2.24) is 19.4 Å². The van der Waals surface area contributed by atoms with E-state index in [0.29, 0.717) is 17.5 Å². The number of benzene rings is 1. The van der Waals surface area contributed by atoms with E-state index in [4.69, 9.17) is 0 Å². The first kappa shape index (κ1) is 16.9. The fourth-order valence-electron chi connectivity index (χ4n) is 2.57. The number of unbranched alkanes of at least 4 members (excludes halogenated alkanes) is 1. The fraction of sp³-hybridized carbons (Fsp3) is 0.333. The second kappa shape index (κ2) is 6.88. The normalized spacial score (nSPS) is 11.0. The predicted molar refractivity (Wildman–Crippen MR) is 96.5 cm³/mol. The lowest BCUT2D eigenvalue weighted by Crippen LogP contribution is -2.33. The van der Waals surface area contributed by atoms with Gasteiger partial charge in [0.15, 0.2) is 5.65 Å². The number of aromatic nitrogens is 4. The van der Waals surface area contributed by atoms with Gasteiger partial charge in [-0.05, 0) is 43.5 Å². The molecule has 7 heteroatoms. The number of carbonyl (C=O) groups is 1. The summed E-state index contributed by atoms with van der Waals surface area (Å²) < 4.78 is 2.75. The molecule has 130 valence electrons. The summed E-state index contributed by atoms with van der Waals surface area (Å²) in [5, 5.41) is 4.65.